The number of methoxy groups -OCH3 is 1. The van der Waals surface area contributed by atoms with Crippen molar-refractivity contribution in [2.24, 2.45) is 0 Å². The summed E-state index contributed by atoms with van der Waals surface area (Å²) in [5.74, 6) is 0.685. The maximum absolute atomic E-state index is 12.0. The van der Waals surface area contributed by atoms with Gasteiger partial charge in [0.05, 0.1) is 25.5 Å². The first-order valence-corrected chi connectivity index (χ1v) is 6.18. The predicted octanol–water partition coefficient (Wildman–Crippen LogP) is 0.948. The van der Waals surface area contributed by atoms with Crippen molar-refractivity contribution in [1.29, 1.82) is 0 Å². The number of ether oxygens (including phenoxy) is 1. The fourth-order valence-corrected chi connectivity index (χ4v) is 1.87. The number of aromatic nitrogens is 2. The molecule has 0 radical (unpaired) electrons. The molecule has 6 heteroatoms. The first-order valence-electron chi connectivity index (χ1n) is 6.18. The lowest BCUT2D eigenvalue weighted by molar-refractivity contribution is 0.407. The highest BCUT2D eigenvalue weighted by molar-refractivity contribution is 5.48. The average Bonchev–Trinajstić information content (AvgIpc) is 2.41. The van der Waals surface area contributed by atoms with Gasteiger partial charge in [0, 0.05) is 31.4 Å². The maximum atomic E-state index is 12.0. The van der Waals surface area contributed by atoms with Crippen LogP contribution in [0.3, 0.4) is 0 Å². The van der Waals surface area contributed by atoms with E-state index in [9.17, 15) is 4.79 Å². The first kappa shape index (κ1) is 13.9. The monoisotopic (exact) mass is 274 g/mol. The predicted molar refractivity (Wildman–Crippen MR) is 79.3 cm³/mol. The van der Waals surface area contributed by atoms with Crippen LogP contribution < -0.4 is 20.9 Å². The van der Waals surface area contributed by atoms with Crippen molar-refractivity contribution in [2.45, 2.75) is 6.54 Å². The van der Waals surface area contributed by atoms with Gasteiger partial charge in [-0.2, -0.15) is 5.10 Å². The number of rotatable bonds is 4. The van der Waals surface area contributed by atoms with Gasteiger partial charge >= 0.3 is 0 Å². The zero-order valence-electron chi connectivity index (χ0n) is 11.8. The van der Waals surface area contributed by atoms with Crippen LogP contribution in [0.2, 0.25) is 0 Å². The molecule has 0 saturated carbocycles. The van der Waals surface area contributed by atoms with Crippen LogP contribution in [0.25, 0.3) is 0 Å². The third kappa shape index (κ3) is 2.90. The molecule has 0 saturated heterocycles. The third-order valence-electron chi connectivity index (χ3n) is 3.00. The Morgan fingerprint density at radius 3 is 2.70 bits per heavy atom. The highest BCUT2D eigenvalue weighted by Gasteiger charge is 2.07. The summed E-state index contributed by atoms with van der Waals surface area (Å²) in [5.41, 5.74) is 7.81. The quantitative estimate of drug-likeness (QED) is 0.840. The summed E-state index contributed by atoms with van der Waals surface area (Å²) in [5, 5.41) is 4.17. The number of benzene rings is 1. The second kappa shape index (κ2) is 5.64. The van der Waals surface area contributed by atoms with E-state index in [0.29, 0.717) is 18.0 Å². The molecule has 0 atom stereocenters. The van der Waals surface area contributed by atoms with Crippen LogP contribution in [-0.4, -0.2) is 31.0 Å². The Balaban J connectivity index is 2.35. The summed E-state index contributed by atoms with van der Waals surface area (Å²) in [7, 11) is 5.31. The van der Waals surface area contributed by atoms with E-state index in [1.54, 1.807) is 37.6 Å². The van der Waals surface area contributed by atoms with Crippen molar-refractivity contribution < 1.29 is 4.74 Å². The van der Waals surface area contributed by atoms with Crippen molar-refractivity contribution in [3.8, 4) is 5.75 Å². The van der Waals surface area contributed by atoms with Gasteiger partial charge in [-0.05, 0) is 18.2 Å². The zero-order valence-corrected chi connectivity index (χ0v) is 11.8. The average molecular weight is 274 g/mol. The van der Waals surface area contributed by atoms with Crippen LogP contribution in [0.1, 0.15) is 5.56 Å². The second-order valence-electron chi connectivity index (χ2n) is 4.68. The molecule has 0 aliphatic carbocycles. The van der Waals surface area contributed by atoms with Gasteiger partial charge in [-0.15, -0.1) is 0 Å². The largest absolute Gasteiger partial charge is 0.496 e. The first-order chi connectivity index (χ1) is 9.51. The second-order valence-corrected chi connectivity index (χ2v) is 4.68. The van der Waals surface area contributed by atoms with Gasteiger partial charge in [-0.1, -0.05) is 0 Å². The lowest BCUT2D eigenvalue weighted by atomic mass is 10.2. The molecule has 2 rings (SSSR count). The van der Waals surface area contributed by atoms with Crippen molar-refractivity contribution in [2.75, 3.05) is 31.8 Å². The Morgan fingerprint density at radius 2 is 2.10 bits per heavy atom. The third-order valence-corrected chi connectivity index (χ3v) is 3.00. The fraction of sp³-hybridized carbons (Fsp3) is 0.286. The number of nitrogens with zero attached hydrogens (tertiary/aromatic N) is 3. The highest BCUT2D eigenvalue weighted by Crippen LogP contribution is 2.21. The molecule has 0 bridgehead atoms. The minimum atomic E-state index is -0.166. The lowest BCUT2D eigenvalue weighted by Gasteiger charge is -2.13. The zero-order chi connectivity index (χ0) is 14.7. The van der Waals surface area contributed by atoms with Crippen molar-refractivity contribution in [3.63, 3.8) is 0 Å². The van der Waals surface area contributed by atoms with Crippen molar-refractivity contribution in [1.82, 2.24) is 9.78 Å². The van der Waals surface area contributed by atoms with E-state index in [2.05, 4.69) is 5.10 Å². The molecule has 6 nitrogen and oxygen atoms in total. The Kier molecular flexibility index (Phi) is 3.93. The summed E-state index contributed by atoms with van der Waals surface area (Å²) in [6.07, 6.45) is 1.65. The topological polar surface area (TPSA) is 73.4 Å². The normalized spacial score (nSPS) is 10.3. The SMILES string of the molecule is COc1ccc(N)cc1Cn1ncc(N(C)C)cc1=O. The van der Waals surface area contributed by atoms with Crippen molar-refractivity contribution in [3.05, 3.63) is 46.4 Å². The molecule has 0 fully saturated rings. The Bertz CT molecular complexity index is 664. The van der Waals surface area contributed by atoms with E-state index in [-0.39, 0.29) is 5.56 Å². The molecule has 106 valence electrons. The number of hydrogen-bond acceptors (Lipinski definition) is 5. The Morgan fingerprint density at radius 1 is 1.35 bits per heavy atom. The van der Waals surface area contributed by atoms with Gasteiger partial charge in [-0.3, -0.25) is 4.79 Å². The number of hydrogen-bond donors (Lipinski definition) is 1. The molecule has 2 N–H and O–H groups in total. The van der Waals surface area contributed by atoms with Gasteiger partial charge in [-0.25, -0.2) is 4.68 Å². The van der Waals surface area contributed by atoms with E-state index < -0.39 is 0 Å². The van der Waals surface area contributed by atoms with E-state index in [0.717, 1.165) is 11.3 Å². The van der Waals surface area contributed by atoms with Crippen LogP contribution in [0, 0.1) is 0 Å². The summed E-state index contributed by atoms with van der Waals surface area (Å²) in [4.78, 5) is 13.9. The molecular weight excluding hydrogens is 256 g/mol. The molecular formula is C14H18N4O2. The molecule has 0 aliphatic heterocycles. The van der Waals surface area contributed by atoms with Crippen molar-refractivity contribution >= 4 is 11.4 Å². The van der Waals surface area contributed by atoms with Crippen LogP contribution in [-0.2, 0) is 6.54 Å². The standard InChI is InChI=1S/C14H18N4O2/c1-17(2)12-7-14(19)18(16-8-12)9-10-6-11(15)4-5-13(10)20-3/h4-8H,9,15H2,1-3H3. The molecule has 0 aliphatic rings. The molecule has 0 amide bonds. The Labute approximate surface area is 117 Å². The summed E-state index contributed by atoms with van der Waals surface area (Å²) in [6.45, 7) is 0.320. The summed E-state index contributed by atoms with van der Waals surface area (Å²) >= 11 is 0. The molecule has 2 aromatic rings. The molecule has 20 heavy (non-hydrogen) atoms. The molecule has 0 unspecified atom stereocenters. The van der Waals surface area contributed by atoms with Crippen LogP contribution in [0.5, 0.6) is 5.75 Å². The van der Waals surface area contributed by atoms with Gasteiger partial charge < -0.3 is 15.4 Å². The molecule has 1 heterocycles. The smallest absolute Gasteiger partial charge is 0.269 e. The summed E-state index contributed by atoms with van der Waals surface area (Å²) < 4.78 is 6.65. The van der Waals surface area contributed by atoms with E-state index in [1.807, 2.05) is 19.0 Å². The van der Waals surface area contributed by atoms with E-state index >= 15 is 0 Å². The van der Waals surface area contributed by atoms with Gasteiger partial charge in [0.2, 0.25) is 0 Å². The highest BCUT2D eigenvalue weighted by atomic mass is 16.5. The van der Waals surface area contributed by atoms with Crippen LogP contribution in [0.15, 0.2) is 35.3 Å². The van der Waals surface area contributed by atoms with Gasteiger partial charge in [0.25, 0.3) is 5.56 Å². The minimum Gasteiger partial charge on any atom is -0.496 e. The molecule has 0 spiro atoms. The maximum Gasteiger partial charge on any atom is 0.269 e. The van der Waals surface area contributed by atoms with Crippen LogP contribution in [0.4, 0.5) is 11.4 Å². The molecule has 1 aromatic carbocycles. The van der Waals surface area contributed by atoms with Gasteiger partial charge in [0.1, 0.15) is 5.75 Å². The Hall–Kier alpha value is -2.50. The van der Waals surface area contributed by atoms with Gasteiger partial charge in [0.15, 0.2) is 0 Å². The lowest BCUT2D eigenvalue weighted by Crippen LogP contribution is -2.24. The number of anilines is 2. The number of nitrogens with two attached hydrogens (primary N) is 1. The van der Waals surface area contributed by atoms with Crippen LogP contribution >= 0.6 is 0 Å². The van der Waals surface area contributed by atoms with E-state index in [1.165, 1.54) is 4.68 Å². The minimum absolute atomic E-state index is 0.166. The molecule has 1 aromatic heterocycles. The van der Waals surface area contributed by atoms with E-state index in [4.69, 9.17) is 10.5 Å². The fourth-order valence-electron chi connectivity index (χ4n) is 1.87. The summed E-state index contributed by atoms with van der Waals surface area (Å²) in [6, 6.07) is 6.87. The number of nitrogen functional groups attached to an aromatic ring is 1.